The Labute approximate surface area is 434 Å². The zero-order valence-corrected chi connectivity index (χ0v) is 42.8. The fourth-order valence-corrected chi connectivity index (χ4v) is 13.0. The van der Waals surface area contributed by atoms with E-state index in [0.717, 1.165) is 54.3 Å². The Morgan fingerprint density at radius 2 is 1.04 bits per heavy atom. The van der Waals surface area contributed by atoms with E-state index in [1.807, 2.05) is 51.1 Å². The molecule has 3 aromatic carbocycles. The smallest absolute Gasteiger partial charge is 0.407 e. The molecule has 2 aromatic heterocycles. The van der Waals surface area contributed by atoms with Gasteiger partial charge in [-0.3, -0.25) is 9.59 Å². The maximum Gasteiger partial charge on any atom is 0.407 e. The summed E-state index contributed by atoms with van der Waals surface area (Å²) in [6.45, 7) is 4.30. The number of alkyl carbamates (subject to hydrolysis) is 2. The third-order valence-corrected chi connectivity index (χ3v) is 16.8. The molecule has 400 valence electrons. The van der Waals surface area contributed by atoms with Crippen LogP contribution >= 0.6 is 0 Å². The Hall–Kier alpha value is -6.54. The van der Waals surface area contributed by atoms with Crippen molar-refractivity contribution in [2.24, 2.45) is 11.8 Å². The van der Waals surface area contributed by atoms with Crippen LogP contribution < -0.4 is 20.4 Å². The fraction of sp³-hybridized carbons (Fsp3) is 0.564. The number of carbonyl (C=O) groups is 4. The van der Waals surface area contributed by atoms with Crippen molar-refractivity contribution < 1.29 is 46.9 Å². The number of aromatic nitrogens is 4. The molecule has 8 heterocycles. The van der Waals surface area contributed by atoms with Crippen LogP contribution in [0.5, 0.6) is 0 Å². The van der Waals surface area contributed by atoms with Gasteiger partial charge in [0.25, 0.3) is 0 Å². The van der Waals surface area contributed by atoms with Crippen LogP contribution in [0.1, 0.15) is 130 Å². The van der Waals surface area contributed by atoms with Crippen LogP contribution in [0.4, 0.5) is 29.7 Å². The van der Waals surface area contributed by atoms with E-state index in [4.69, 9.17) is 28.9 Å². The molecule has 6 aliphatic rings. The Morgan fingerprint density at radius 3 is 1.48 bits per heavy atom. The number of methoxy groups -OCH3 is 2. The summed E-state index contributed by atoms with van der Waals surface area (Å²) in [6, 6.07) is 12.3. The number of likely N-dealkylation sites (tertiary alicyclic amines) is 2. The number of hydrogen-bond donors (Lipinski definition) is 4. The second-order valence-electron chi connectivity index (χ2n) is 21.1. The van der Waals surface area contributed by atoms with Crippen LogP contribution in [0.2, 0.25) is 0 Å². The van der Waals surface area contributed by atoms with Gasteiger partial charge < -0.3 is 59.1 Å². The first-order valence-electron chi connectivity index (χ1n) is 27.0. The molecule has 0 bridgehead atoms. The van der Waals surface area contributed by atoms with E-state index >= 15 is 8.78 Å². The van der Waals surface area contributed by atoms with Crippen LogP contribution in [0.25, 0.3) is 22.1 Å². The normalized spacial score (nSPS) is 23.7. The Bertz CT molecular complexity index is 2720. The number of aromatic amines is 2. The van der Waals surface area contributed by atoms with Gasteiger partial charge in [0.05, 0.1) is 60.5 Å². The van der Waals surface area contributed by atoms with Gasteiger partial charge in [0.1, 0.15) is 29.4 Å². The number of nitrogens with zero attached hydrogens (tertiary/aromatic N) is 6. The van der Waals surface area contributed by atoms with E-state index in [0.29, 0.717) is 132 Å². The molecule has 18 nitrogen and oxygen atoms in total. The van der Waals surface area contributed by atoms with Crippen molar-refractivity contribution in [2.75, 3.05) is 76.6 Å². The van der Waals surface area contributed by atoms with E-state index in [-0.39, 0.29) is 53.5 Å². The van der Waals surface area contributed by atoms with E-state index in [2.05, 4.69) is 25.5 Å². The molecule has 0 aliphatic carbocycles. The third-order valence-electron chi connectivity index (χ3n) is 16.8. The number of hydrogen-bond acceptors (Lipinski definition) is 12. The summed E-state index contributed by atoms with van der Waals surface area (Å²) in [6.07, 6.45) is 8.36. The third kappa shape index (κ3) is 10.2. The van der Waals surface area contributed by atoms with Crippen molar-refractivity contribution in [3.8, 4) is 0 Å². The van der Waals surface area contributed by atoms with Gasteiger partial charge in [0.15, 0.2) is 11.6 Å². The quantitative estimate of drug-likeness (QED) is 0.0932. The molecule has 5 aromatic rings. The van der Waals surface area contributed by atoms with Gasteiger partial charge in [0, 0.05) is 58.3 Å². The molecular formula is C55H68F2N10O8. The van der Waals surface area contributed by atoms with Crippen LogP contribution in [0.3, 0.4) is 0 Å². The first kappa shape index (κ1) is 50.6. The molecule has 0 radical (unpaired) electrons. The van der Waals surface area contributed by atoms with Gasteiger partial charge in [-0.05, 0) is 143 Å². The largest absolute Gasteiger partial charge is 0.453 e. The summed E-state index contributed by atoms with van der Waals surface area (Å²) < 4.78 is 54.1. The lowest BCUT2D eigenvalue weighted by molar-refractivity contribution is -0.137. The predicted molar refractivity (Wildman–Crippen MR) is 275 cm³/mol. The minimum absolute atomic E-state index is 0.0147. The SMILES string of the molecule is COC(=O)NC(C(=O)N1CCC[C@H]1c1nc2cc([C@H]3CC[C@@H](c4ccc5[nH]c([C@@H]6CCCN6C(=O)[C@@H](NC(=O)OC)C6CCOCC6)nc5c4)N3c3cc(F)c(N4CCCCC4)c(F)c3)ccc2[nH]1)C1CCOCC1. The number of piperidine rings is 1. The Balaban J connectivity index is 0.894. The second-order valence-corrected chi connectivity index (χ2v) is 21.1. The highest BCUT2D eigenvalue weighted by atomic mass is 19.1. The van der Waals surface area contributed by atoms with Gasteiger partial charge in [-0.15, -0.1) is 0 Å². The molecule has 75 heavy (non-hydrogen) atoms. The number of H-pyrrole nitrogens is 2. The van der Waals surface area contributed by atoms with Crippen LogP contribution in [0.15, 0.2) is 48.5 Å². The summed E-state index contributed by atoms with van der Waals surface area (Å²) in [7, 11) is 2.59. The zero-order valence-electron chi connectivity index (χ0n) is 42.8. The highest BCUT2D eigenvalue weighted by Gasteiger charge is 2.43. The lowest BCUT2D eigenvalue weighted by atomic mass is 9.90. The topological polar surface area (TPSA) is 200 Å². The van der Waals surface area contributed by atoms with Crippen LogP contribution in [-0.2, 0) is 28.5 Å². The molecule has 6 saturated heterocycles. The lowest BCUT2D eigenvalue weighted by Gasteiger charge is -2.35. The summed E-state index contributed by atoms with van der Waals surface area (Å²) in [4.78, 5) is 78.6. The average Bonchev–Trinajstić information content (AvgIpc) is 4.31. The Morgan fingerprint density at radius 1 is 0.587 bits per heavy atom. The molecule has 0 spiro atoms. The monoisotopic (exact) mass is 1030 g/mol. The number of imidazole rings is 2. The maximum absolute atomic E-state index is 16.5. The van der Waals surface area contributed by atoms with E-state index < -0.39 is 35.9 Å². The van der Waals surface area contributed by atoms with E-state index in [1.165, 1.54) is 26.4 Å². The molecule has 6 atom stereocenters. The molecular weight excluding hydrogens is 967 g/mol. The van der Waals surface area contributed by atoms with Gasteiger partial charge >= 0.3 is 12.2 Å². The number of anilines is 2. The molecule has 6 aliphatic heterocycles. The minimum atomic E-state index is -0.759. The molecule has 4 amide bonds. The molecule has 6 fully saturated rings. The molecule has 11 rings (SSSR count). The lowest BCUT2D eigenvalue weighted by Crippen LogP contribution is -2.53. The maximum atomic E-state index is 16.5. The highest BCUT2D eigenvalue weighted by Crippen LogP contribution is 2.49. The number of benzene rings is 3. The van der Waals surface area contributed by atoms with Gasteiger partial charge in [-0.2, -0.15) is 0 Å². The number of nitrogens with one attached hydrogen (secondary N) is 4. The van der Waals surface area contributed by atoms with Crippen molar-refractivity contribution in [3.05, 3.63) is 82.9 Å². The first-order valence-corrected chi connectivity index (χ1v) is 27.0. The number of amides is 4. The van der Waals surface area contributed by atoms with Crippen molar-refractivity contribution in [3.63, 3.8) is 0 Å². The summed E-state index contributed by atoms with van der Waals surface area (Å²) >= 11 is 0. The molecule has 0 saturated carbocycles. The van der Waals surface area contributed by atoms with Gasteiger partial charge in [-0.25, -0.2) is 28.3 Å². The van der Waals surface area contributed by atoms with Gasteiger partial charge in [0.2, 0.25) is 11.8 Å². The number of rotatable bonds is 12. The van der Waals surface area contributed by atoms with Crippen molar-refractivity contribution >= 4 is 57.4 Å². The average molecular weight is 1040 g/mol. The second kappa shape index (κ2) is 22.0. The number of fused-ring (bicyclic) bond motifs is 2. The van der Waals surface area contributed by atoms with E-state index in [9.17, 15) is 19.2 Å². The minimum Gasteiger partial charge on any atom is -0.453 e. The summed E-state index contributed by atoms with van der Waals surface area (Å²) in [5.41, 5.74) is 5.33. The number of carbonyl (C=O) groups excluding carboxylic acids is 4. The van der Waals surface area contributed by atoms with Gasteiger partial charge in [-0.1, -0.05) is 12.1 Å². The Kier molecular flexibility index (Phi) is 14.8. The summed E-state index contributed by atoms with van der Waals surface area (Å²) in [5, 5.41) is 5.66. The highest BCUT2D eigenvalue weighted by molar-refractivity contribution is 5.88. The molecule has 20 heteroatoms. The van der Waals surface area contributed by atoms with Crippen molar-refractivity contribution in [1.82, 2.24) is 40.4 Å². The summed E-state index contributed by atoms with van der Waals surface area (Å²) in [5.74, 6) is -0.396. The number of ether oxygens (including phenoxy) is 4. The fourth-order valence-electron chi connectivity index (χ4n) is 13.0. The number of halogens is 2. The van der Waals surface area contributed by atoms with Crippen LogP contribution in [0, 0.1) is 23.5 Å². The van der Waals surface area contributed by atoms with Crippen molar-refractivity contribution in [1.29, 1.82) is 0 Å². The standard InChI is InChI=1S/C55H68F2N10O8/c1-72-54(70)62-47(32-16-24-74-25-17-32)52(68)65-22-6-8-45(65)50-58-39-12-10-34(28-41(39)60-50)43-14-15-44(67(43)36-30-37(56)49(38(57)31-36)64-20-4-3-5-21-64)35-11-13-40-42(29-35)61-51(59-40)46-9-7-23-66(46)53(69)48(63-55(71)73-2)33-18-26-75-27-19-33/h10-13,28-33,43-48H,3-9,14-27H2,1-2H3,(H,58,60)(H,59,61)(H,62,70)(H,63,71)/t43-,44+,45-,46-,47-,48?/m0/s1. The molecule has 1 unspecified atom stereocenters. The van der Waals surface area contributed by atoms with Crippen molar-refractivity contribution in [2.45, 2.75) is 120 Å². The predicted octanol–water partition coefficient (Wildman–Crippen LogP) is 8.42. The first-order chi connectivity index (χ1) is 36.6. The van der Waals surface area contributed by atoms with Crippen LogP contribution in [-0.4, -0.2) is 133 Å². The van der Waals surface area contributed by atoms with E-state index in [1.54, 1.807) is 0 Å². The zero-order chi connectivity index (χ0) is 51.7. The molecule has 4 N–H and O–H groups in total.